The number of carboxylic acid groups (broad SMARTS) is 1. The Balaban J connectivity index is 2.92. The molecule has 176 valence electrons. The van der Waals surface area contributed by atoms with E-state index in [1.807, 2.05) is 0 Å². The lowest BCUT2D eigenvalue weighted by molar-refractivity contribution is -0.201. The summed E-state index contributed by atoms with van der Waals surface area (Å²) in [6.45, 7) is 5.27. The van der Waals surface area contributed by atoms with Crippen molar-refractivity contribution in [1.29, 1.82) is 0 Å². The van der Waals surface area contributed by atoms with Crippen molar-refractivity contribution in [2.75, 3.05) is 26.9 Å². The normalized spacial score (nSPS) is 22.6. The summed E-state index contributed by atoms with van der Waals surface area (Å²) in [5.74, 6) is -4.76. The molecule has 0 saturated carbocycles. The van der Waals surface area contributed by atoms with Crippen molar-refractivity contribution in [3.63, 3.8) is 0 Å². The summed E-state index contributed by atoms with van der Waals surface area (Å²) in [5, 5.41) is 13.6. The minimum atomic E-state index is -2.37. The summed E-state index contributed by atoms with van der Waals surface area (Å²) < 4.78 is 21.4. The fraction of sp³-hybridized carbons (Fsp3) is 0.500. The van der Waals surface area contributed by atoms with Crippen LogP contribution in [0.5, 0.6) is 0 Å². The van der Waals surface area contributed by atoms with E-state index in [9.17, 15) is 19.5 Å². The van der Waals surface area contributed by atoms with Crippen LogP contribution in [0.2, 0.25) is 5.02 Å². The van der Waals surface area contributed by atoms with Crippen molar-refractivity contribution in [2.45, 2.75) is 39.0 Å². The third-order valence-corrected chi connectivity index (χ3v) is 5.56. The molecule has 32 heavy (non-hydrogen) atoms. The van der Waals surface area contributed by atoms with Gasteiger partial charge in [0.25, 0.3) is 0 Å². The number of benzene rings is 1. The second kappa shape index (κ2) is 11.3. The van der Waals surface area contributed by atoms with Gasteiger partial charge >= 0.3 is 17.9 Å². The van der Waals surface area contributed by atoms with Crippen LogP contribution in [0, 0.1) is 5.41 Å². The zero-order chi connectivity index (χ0) is 23.9. The Morgan fingerprint density at radius 3 is 2.25 bits per heavy atom. The van der Waals surface area contributed by atoms with Crippen LogP contribution in [0.4, 0.5) is 0 Å². The molecule has 0 bridgehead atoms. The number of carboxylic acids is 1. The Labute approximate surface area is 191 Å². The second-order valence-corrected chi connectivity index (χ2v) is 7.27. The molecule has 3 unspecified atom stereocenters. The van der Waals surface area contributed by atoms with Gasteiger partial charge in [0.1, 0.15) is 6.04 Å². The Kier molecular flexibility index (Phi) is 9.06. The van der Waals surface area contributed by atoms with Crippen LogP contribution in [0.1, 0.15) is 32.3 Å². The van der Waals surface area contributed by atoms with Crippen molar-refractivity contribution < 1.29 is 38.4 Å². The average molecular weight is 470 g/mol. The van der Waals surface area contributed by atoms with E-state index in [0.29, 0.717) is 0 Å². The van der Waals surface area contributed by atoms with Crippen LogP contribution in [0.15, 0.2) is 36.0 Å². The maximum Gasteiger partial charge on any atom is 0.335 e. The van der Waals surface area contributed by atoms with Crippen LogP contribution >= 0.6 is 11.6 Å². The fourth-order valence-electron chi connectivity index (χ4n) is 3.94. The standard InChI is InChI=1S/C22H28ClNO8/c1-5-30-19(31-6-2)17-22(20(26)27,21(28)32-7-3)16(13-10-8-9-11-15(13)23)14(12-24-17)18(25)29-4/h8-12,16-17,19,24H,5-7H2,1-4H3,(H,26,27). The molecule has 10 heteroatoms. The van der Waals surface area contributed by atoms with Gasteiger partial charge in [-0.3, -0.25) is 9.59 Å². The molecule has 2 N–H and O–H groups in total. The van der Waals surface area contributed by atoms with E-state index in [-0.39, 0.29) is 36.0 Å². The molecule has 0 aliphatic carbocycles. The van der Waals surface area contributed by atoms with Gasteiger partial charge in [-0.15, -0.1) is 0 Å². The predicted molar refractivity (Wildman–Crippen MR) is 115 cm³/mol. The molecule has 0 spiro atoms. The summed E-state index contributed by atoms with van der Waals surface area (Å²) in [6, 6.07) is 5.13. The summed E-state index contributed by atoms with van der Waals surface area (Å²) >= 11 is 6.43. The molecule has 0 fully saturated rings. The van der Waals surface area contributed by atoms with Crippen molar-refractivity contribution in [2.24, 2.45) is 5.41 Å². The third-order valence-electron chi connectivity index (χ3n) is 5.21. The number of halogens is 1. The maximum atomic E-state index is 13.5. The van der Waals surface area contributed by atoms with E-state index in [1.54, 1.807) is 45.0 Å². The average Bonchev–Trinajstić information content (AvgIpc) is 2.77. The first-order valence-electron chi connectivity index (χ1n) is 10.2. The quantitative estimate of drug-likeness (QED) is 0.302. The second-order valence-electron chi connectivity index (χ2n) is 6.86. The molecular formula is C22H28ClNO8. The molecule has 1 heterocycles. The van der Waals surface area contributed by atoms with Gasteiger partial charge in [0, 0.05) is 30.4 Å². The van der Waals surface area contributed by atoms with Gasteiger partial charge < -0.3 is 29.4 Å². The summed E-state index contributed by atoms with van der Waals surface area (Å²) in [5.41, 5.74) is -2.22. The van der Waals surface area contributed by atoms with Gasteiger partial charge in [-0.2, -0.15) is 0 Å². The molecule has 1 aliphatic heterocycles. The highest BCUT2D eigenvalue weighted by Crippen LogP contribution is 2.50. The number of methoxy groups -OCH3 is 1. The monoisotopic (exact) mass is 469 g/mol. The lowest BCUT2D eigenvalue weighted by Crippen LogP contribution is -2.65. The highest BCUT2D eigenvalue weighted by Gasteiger charge is 2.66. The lowest BCUT2D eigenvalue weighted by atomic mass is 9.62. The van der Waals surface area contributed by atoms with Gasteiger partial charge in [-0.1, -0.05) is 29.8 Å². The molecule has 1 aromatic rings. The summed E-state index contributed by atoms with van der Waals surface area (Å²) in [6.07, 6.45) is 0.168. The Morgan fingerprint density at radius 1 is 1.12 bits per heavy atom. The van der Waals surface area contributed by atoms with E-state index in [1.165, 1.54) is 6.20 Å². The first-order chi connectivity index (χ1) is 15.3. The van der Waals surface area contributed by atoms with Gasteiger partial charge in [0.05, 0.1) is 19.3 Å². The Morgan fingerprint density at radius 2 is 1.75 bits per heavy atom. The smallest absolute Gasteiger partial charge is 0.335 e. The Bertz CT molecular complexity index is 867. The van der Waals surface area contributed by atoms with Gasteiger partial charge in [-0.05, 0) is 32.4 Å². The number of nitrogens with one attached hydrogen (secondary N) is 1. The van der Waals surface area contributed by atoms with E-state index in [0.717, 1.165) is 7.11 Å². The largest absolute Gasteiger partial charge is 0.480 e. The van der Waals surface area contributed by atoms with E-state index < -0.39 is 41.6 Å². The summed E-state index contributed by atoms with van der Waals surface area (Å²) in [7, 11) is 1.16. The SMILES string of the molecule is CCOC(=O)C1(C(=O)O)C(c2ccccc2Cl)C(C(=O)OC)=CNC1C(OCC)OCC. The van der Waals surface area contributed by atoms with E-state index >= 15 is 0 Å². The minimum Gasteiger partial charge on any atom is -0.480 e. The van der Waals surface area contributed by atoms with Gasteiger partial charge in [-0.25, -0.2) is 4.79 Å². The first kappa shape index (κ1) is 25.6. The number of carbonyl (C=O) groups is 3. The van der Waals surface area contributed by atoms with Crippen molar-refractivity contribution in [1.82, 2.24) is 5.32 Å². The number of ether oxygens (including phenoxy) is 4. The zero-order valence-corrected chi connectivity index (χ0v) is 19.2. The van der Waals surface area contributed by atoms with E-state index in [2.05, 4.69) is 5.32 Å². The van der Waals surface area contributed by atoms with Crippen molar-refractivity contribution in [3.05, 3.63) is 46.6 Å². The third kappa shape index (κ3) is 4.60. The highest BCUT2D eigenvalue weighted by atomic mass is 35.5. The van der Waals surface area contributed by atoms with Crippen LogP contribution in [0.3, 0.4) is 0 Å². The molecule has 0 aromatic heterocycles. The highest BCUT2D eigenvalue weighted by molar-refractivity contribution is 6.31. The molecule has 0 amide bonds. The fourth-order valence-corrected chi connectivity index (χ4v) is 4.18. The topological polar surface area (TPSA) is 120 Å². The number of carbonyl (C=O) groups excluding carboxylic acids is 2. The van der Waals surface area contributed by atoms with Crippen molar-refractivity contribution in [3.8, 4) is 0 Å². The Hall–Kier alpha value is -2.62. The lowest BCUT2D eigenvalue weighted by Gasteiger charge is -2.46. The molecule has 1 aromatic carbocycles. The number of hydrogen-bond donors (Lipinski definition) is 2. The number of esters is 2. The minimum absolute atomic E-state index is 0.0823. The molecular weight excluding hydrogens is 442 g/mol. The zero-order valence-electron chi connectivity index (χ0n) is 18.4. The molecule has 0 radical (unpaired) electrons. The molecule has 9 nitrogen and oxygen atoms in total. The van der Waals surface area contributed by atoms with E-state index in [4.69, 9.17) is 30.5 Å². The van der Waals surface area contributed by atoms with Crippen LogP contribution in [-0.2, 0) is 33.3 Å². The van der Waals surface area contributed by atoms with Crippen molar-refractivity contribution >= 4 is 29.5 Å². The van der Waals surface area contributed by atoms with Gasteiger partial charge in [0.2, 0.25) is 5.41 Å². The number of aliphatic carboxylic acids is 1. The molecule has 0 saturated heterocycles. The van der Waals surface area contributed by atoms with Crippen LogP contribution in [0.25, 0.3) is 0 Å². The molecule has 1 aliphatic rings. The maximum absolute atomic E-state index is 13.5. The number of rotatable bonds is 10. The van der Waals surface area contributed by atoms with Gasteiger partial charge in [0.15, 0.2) is 6.29 Å². The van der Waals surface area contributed by atoms with Crippen LogP contribution in [-0.4, -0.2) is 62.3 Å². The predicted octanol–water partition coefficient (Wildman–Crippen LogP) is 2.49. The summed E-state index contributed by atoms with van der Waals surface area (Å²) in [4.78, 5) is 39.2. The van der Waals surface area contributed by atoms with Crippen LogP contribution < -0.4 is 5.32 Å². The molecule has 3 atom stereocenters. The molecule has 2 rings (SSSR count). The number of hydrogen-bond acceptors (Lipinski definition) is 8. The first-order valence-corrected chi connectivity index (χ1v) is 10.6.